The zero-order chi connectivity index (χ0) is 16.9. The molecule has 0 spiro atoms. The van der Waals surface area contributed by atoms with Crippen molar-refractivity contribution in [1.29, 1.82) is 0 Å². The Balaban J connectivity index is 1.96. The zero-order valence-corrected chi connectivity index (χ0v) is 14.9. The molecule has 2 rings (SSSR count). The molecule has 1 fully saturated rings. The van der Waals surface area contributed by atoms with Crippen LogP contribution < -0.4 is 15.4 Å². The van der Waals surface area contributed by atoms with E-state index in [0.717, 1.165) is 11.3 Å². The molecule has 1 aromatic carbocycles. The third kappa shape index (κ3) is 5.28. The van der Waals surface area contributed by atoms with Gasteiger partial charge in [-0.1, -0.05) is 17.7 Å². The first-order chi connectivity index (χ1) is 10.9. The summed E-state index contributed by atoms with van der Waals surface area (Å²) >= 11 is 5.99. The zero-order valence-electron chi connectivity index (χ0n) is 13.3. The summed E-state index contributed by atoms with van der Waals surface area (Å²) in [5, 5.41) is 6.95. The lowest BCUT2D eigenvalue weighted by Gasteiger charge is -2.17. The number of aliphatic imine (C=N–C) groups is 1. The van der Waals surface area contributed by atoms with Crippen LogP contribution in [0.2, 0.25) is 5.02 Å². The molecule has 1 atom stereocenters. The second kappa shape index (κ2) is 7.88. The quantitative estimate of drug-likeness (QED) is 0.616. The van der Waals surface area contributed by atoms with Gasteiger partial charge in [-0.25, -0.2) is 8.42 Å². The molecule has 1 aromatic rings. The van der Waals surface area contributed by atoms with E-state index in [2.05, 4.69) is 15.6 Å². The maximum atomic E-state index is 11.5. The Morgan fingerprint density at radius 2 is 2.26 bits per heavy atom. The van der Waals surface area contributed by atoms with E-state index < -0.39 is 9.84 Å². The summed E-state index contributed by atoms with van der Waals surface area (Å²) in [7, 11) is -1.26. The lowest BCUT2D eigenvalue weighted by molar-refractivity contribution is 0.336. The van der Waals surface area contributed by atoms with Crippen molar-refractivity contribution in [3.8, 4) is 5.75 Å². The SMILES string of the molecule is CCOc1cc(Cl)ccc1CNC(=NC)NC1CCS(=O)(=O)C1. The van der Waals surface area contributed by atoms with Gasteiger partial charge in [0.2, 0.25) is 0 Å². The molecule has 0 saturated carbocycles. The summed E-state index contributed by atoms with van der Waals surface area (Å²) in [5.41, 5.74) is 0.957. The molecule has 0 amide bonds. The van der Waals surface area contributed by atoms with Crippen LogP contribution in [-0.4, -0.2) is 45.6 Å². The van der Waals surface area contributed by atoms with Crippen molar-refractivity contribution in [2.45, 2.75) is 25.9 Å². The van der Waals surface area contributed by atoms with Crippen LogP contribution in [0.3, 0.4) is 0 Å². The molecule has 23 heavy (non-hydrogen) atoms. The van der Waals surface area contributed by atoms with E-state index in [-0.39, 0.29) is 17.5 Å². The van der Waals surface area contributed by atoms with E-state index in [9.17, 15) is 8.42 Å². The third-order valence-corrected chi connectivity index (χ3v) is 5.58. The maximum absolute atomic E-state index is 11.5. The first kappa shape index (κ1) is 17.9. The largest absolute Gasteiger partial charge is 0.493 e. The highest BCUT2D eigenvalue weighted by Crippen LogP contribution is 2.23. The van der Waals surface area contributed by atoms with Crippen LogP contribution >= 0.6 is 11.6 Å². The van der Waals surface area contributed by atoms with Gasteiger partial charge in [0.15, 0.2) is 15.8 Å². The number of benzene rings is 1. The van der Waals surface area contributed by atoms with Gasteiger partial charge in [-0.3, -0.25) is 4.99 Å². The first-order valence-corrected chi connectivity index (χ1v) is 9.72. The van der Waals surface area contributed by atoms with Crippen molar-refractivity contribution in [3.63, 3.8) is 0 Å². The highest BCUT2D eigenvalue weighted by Gasteiger charge is 2.28. The maximum Gasteiger partial charge on any atom is 0.191 e. The molecular weight excluding hydrogens is 338 g/mol. The molecule has 0 aliphatic carbocycles. The van der Waals surface area contributed by atoms with Gasteiger partial charge >= 0.3 is 0 Å². The summed E-state index contributed by atoms with van der Waals surface area (Å²) in [6.07, 6.45) is 0.605. The lowest BCUT2D eigenvalue weighted by atomic mass is 10.2. The predicted molar refractivity (Wildman–Crippen MR) is 93.0 cm³/mol. The van der Waals surface area contributed by atoms with Crippen LogP contribution in [0.15, 0.2) is 23.2 Å². The predicted octanol–water partition coefficient (Wildman–Crippen LogP) is 1.59. The van der Waals surface area contributed by atoms with E-state index >= 15 is 0 Å². The van der Waals surface area contributed by atoms with Crippen molar-refractivity contribution < 1.29 is 13.2 Å². The molecule has 0 radical (unpaired) electrons. The Kier molecular flexibility index (Phi) is 6.12. The van der Waals surface area contributed by atoms with E-state index in [1.807, 2.05) is 13.0 Å². The van der Waals surface area contributed by atoms with Crippen molar-refractivity contribution in [1.82, 2.24) is 10.6 Å². The Bertz CT molecular complexity index is 677. The molecule has 1 unspecified atom stereocenters. The van der Waals surface area contributed by atoms with Crippen molar-refractivity contribution in [2.75, 3.05) is 25.2 Å². The molecule has 1 saturated heterocycles. The Hall–Kier alpha value is -1.47. The summed E-state index contributed by atoms with van der Waals surface area (Å²) in [4.78, 5) is 4.14. The fourth-order valence-electron chi connectivity index (χ4n) is 2.44. The number of rotatable bonds is 5. The van der Waals surface area contributed by atoms with Gasteiger partial charge in [0.25, 0.3) is 0 Å². The smallest absolute Gasteiger partial charge is 0.191 e. The van der Waals surface area contributed by atoms with Gasteiger partial charge < -0.3 is 15.4 Å². The number of ether oxygens (including phenoxy) is 1. The van der Waals surface area contributed by atoms with E-state index in [4.69, 9.17) is 16.3 Å². The molecule has 1 aliphatic heterocycles. The minimum atomic E-state index is -2.92. The van der Waals surface area contributed by atoms with Crippen LogP contribution in [0, 0.1) is 0 Å². The van der Waals surface area contributed by atoms with Gasteiger partial charge in [0.05, 0.1) is 18.1 Å². The van der Waals surface area contributed by atoms with Crippen LogP contribution in [0.5, 0.6) is 5.75 Å². The molecule has 2 N–H and O–H groups in total. The van der Waals surface area contributed by atoms with Crippen LogP contribution in [0.25, 0.3) is 0 Å². The highest BCUT2D eigenvalue weighted by molar-refractivity contribution is 7.91. The van der Waals surface area contributed by atoms with Gasteiger partial charge in [0.1, 0.15) is 5.75 Å². The minimum absolute atomic E-state index is 0.0946. The average molecular weight is 360 g/mol. The van der Waals surface area contributed by atoms with Crippen molar-refractivity contribution in [2.24, 2.45) is 4.99 Å². The Morgan fingerprint density at radius 1 is 1.48 bits per heavy atom. The number of sulfone groups is 1. The second-order valence-corrected chi connectivity index (χ2v) is 8.02. The molecule has 0 bridgehead atoms. The molecular formula is C15H22ClN3O3S. The van der Waals surface area contributed by atoms with Crippen molar-refractivity contribution >= 4 is 27.4 Å². The highest BCUT2D eigenvalue weighted by atomic mass is 35.5. The standard InChI is InChI=1S/C15H22ClN3O3S/c1-3-22-14-8-12(16)5-4-11(14)9-18-15(17-2)19-13-6-7-23(20,21)10-13/h4-5,8,13H,3,6-7,9-10H2,1-2H3,(H2,17,18,19). The number of hydrogen-bond acceptors (Lipinski definition) is 4. The topological polar surface area (TPSA) is 79.8 Å². The number of halogens is 1. The number of guanidine groups is 1. The van der Waals surface area contributed by atoms with Gasteiger partial charge in [0, 0.05) is 30.2 Å². The van der Waals surface area contributed by atoms with Crippen LogP contribution in [0.4, 0.5) is 0 Å². The van der Waals surface area contributed by atoms with Gasteiger partial charge in [-0.05, 0) is 25.5 Å². The second-order valence-electron chi connectivity index (χ2n) is 5.36. The average Bonchev–Trinajstić information content (AvgIpc) is 2.84. The van der Waals surface area contributed by atoms with E-state index in [1.54, 1.807) is 19.2 Å². The number of nitrogens with one attached hydrogen (secondary N) is 2. The lowest BCUT2D eigenvalue weighted by Crippen LogP contribution is -2.43. The third-order valence-electron chi connectivity index (χ3n) is 3.57. The first-order valence-electron chi connectivity index (χ1n) is 7.52. The monoisotopic (exact) mass is 359 g/mol. The minimum Gasteiger partial charge on any atom is -0.493 e. The van der Waals surface area contributed by atoms with Crippen LogP contribution in [0.1, 0.15) is 18.9 Å². The Labute approximate surface area is 142 Å². The number of nitrogens with zero attached hydrogens (tertiary/aromatic N) is 1. The summed E-state index contributed by atoms with van der Waals surface area (Å²) in [6.45, 7) is 2.98. The van der Waals surface area contributed by atoms with E-state index in [1.165, 1.54) is 0 Å². The van der Waals surface area contributed by atoms with Crippen molar-refractivity contribution in [3.05, 3.63) is 28.8 Å². The summed E-state index contributed by atoms with van der Waals surface area (Å²) < 4.78 is 28.6. The normalized spacial score (nSPS) is 20.3. The summed E-state index contributed by atoms with van der Waals surface area (Å²) in [5.74, 6) is 1.68. The fourth-order valence-corrected chi connectivity index (χ4v) is 4.28. The van der Waals surface area contributed by atoms with Gasteiger partial charge in [-0.2, -0.15) is 0 Å². The van der Waals surface area contributed by atoms with Crippen LogP contribution in [-0.2, 0) is 16.4 Å². The molecule has 1 aliphatic rings. The Morgan fingerprint density at radius 3 is 2.87 bits per heavy atom. The molecule has 6 nitrogen and oxygen atoms in total. The molecule has 8 heteroatoms. The fraction of sp³-hybridized carbons (Fsp3) is 0.533. The number of hydrogen-bond donors (Lipinski definition) is 2. The molecule has 128 valence electrons. The molecule has 0 aromatic heterocycles. The van der Waals surface area contributed by atoms with E-state index in [0.29, 0.717) is 30.6 Å². The molecule has 1 heterocycles. The summed E-state index contributed by atoms with van der Waals surface area (Å²) in [6, 6.07) is 5.39. The van der Waals surface area contributed by atoms with Gasteiger partial charge in [-0.15, -0.1) is 0 Å².